The lowest BCUT2D eigenvalue weighted by Gasteiger charge is -2.23. The third-order valence-electron chi connectivity index (χ3n) is 3.53. The van der Waals surface area contributed by atoms with Crippen LogP contribution in [-0.2, 0) is 11.2 Å². The maximum atomic E-state index is 12.1. The van der Waals surface area contributed by atoms with Crippen molar-refractivity contribution in [2.24, 2.45) is 0 Å². The van der Waals surface area contributed by atoms with Gasteiger partial charge in [-0.3, -0.25) is 4.79 Å². The number of fused-ring (bicyclic) bond motifs is 1. The molecular formula is C14H18Cl4N4O. The van der Waals surface area contributed by atoms with Gasteiger partial charge in [-0.1, -0.05) is 23.2 Å². The third kappa shape index (κ3) is 5.13. The Bertz CT molecular complexity index is 670. The summed E-state index contributed by atoms with van der Waals surface area (Å²) in [6, 6.07) is 1.85. The molecule has 3 heterocycles. The fraction of sp³-hybridized carbons (Fsp3) is 0.429. The lowest BCUT2D eigenvalue weighted by Crippen LogP contribution is -2.46. The Morgan fingerprint density at radius 1 is 1.39 bits per heavy atom. The molecule has 1 aliphatic heterocycles. The average Bonchev–Trinajstić information content (AvgIpc) is 2.82. The van der Waals surface area contributed by atoms with Crippen LogP contribution in [0.4, 0.5) is 0 Å². The number of halogens is 4. The monoisotopic (exact) mass is 398 g/mol. The number of hydrogen-bond donors (Lipinski definition) is 2. The van der Waals surface area contributed by atoms with E-state index in [9.17, 15) is 4.79 Å². The fourth-order valence-electron chi connectivity index (χ4n) is 2.58. The fourth-order valence-corrected chi connectivity index (χ4v) is 3.11. The van der Waals surface area contributed by atoms with E-state index in [2.05, 4.69) is 15.6 Å². The highest BCUT2D eigenvalue weighted by Crippen LogP contribution is 2.21. The van der Waals surface area contributed by atoms with E-state index in [-0.39, 0.29) is 43.2 Å². The summed E-state index contributed by atoms with van der Waals surface area (Å²) in [4.78, 5) is 16.4. The van der Waals surface area contributed by atoms with E-state index in [4.69, 9.17) is 23.2 Å². The van der Waals surface area contributed by atoms with Gasteiger partial charge in [-0.05, 0) is 25.5 Å². The lowest BCUT2D eigenvalue weighted by atomic mass is 10.1. The van der Waals surface area contributed by atoms with Crippen LogP contribution in [0.25, 0.3) is 5.65 Å². The largest absolute Gasteiger partial charge is 0.352 e. The van der Waals surface area contributed by atoms with Crippen LogP contribution in [0.5, 0.6) is 0 Å². The molecule has 0 bridgehead atoms. The summed E-state index contributed by atoms with van der Waals surface area (Å²) >= 11 is 12.0. The second kappa shape index (κ2) is 8.94. The summed E-state index contributed by atoms with van der Waals surface area (Å²) < 4.78 is 1.75. The Labute approximate surface area is 156 Å². The number of nitrogens with zero attached hydrogens (tertiary/aromatic N) is 2. The molecule has 1 saturated heterocycles. The molecule has 2 N–H and O–H groups in total. The lowest BCUT2D eigenvalue weighted by molar-refractivity contribution is -0.121. The summed E-state index contributed by atoms with van der Waals surface area (Å²) in [5, 5.41) is 7.31. The number of carbonyl (C=O) groups excluding carboxylic acids is 1. The molecule has 0 saturated carbocycles. The van der Waals surface area contributed by atoms with Gasteiger partial charge in [-0.15, -0.1) is 24.8 Å². The number of nitrogens with one attached hydrogen (secondary N) is 2. The van der Waals surface area contributed by atoms with Crippen LogP contribution in [0, 0.1) is 0 Å². The number of amides is 1. The highest BCUT2D eigenvalue weighted by atomic mass is 35.5. The third-order valence-corrected chi connectivity index (χ3v) is 4.01. The van der Waals surface area contributed by atoms with Gasteiger partial charge in [0.2, 0.25) is 5.91 Å². The second-order valence-electron chi connectivity index (χ2n) is 5.26. The summed E-state index contributed by atoms with van der Waals surface area (Å²) in [5.74, 6) is -0.0191. The molecule has 128 valence electrons. The van der Waals surface area contributed by atoms with Crippen molar-refractivity contribution in [2.75, 3.05) is 13.1 Å². The quantitative estimate of drug-likeness (QED) is 0.834. The van der Waals surface area contributed by atoms with Gasteiger partial charge in [0.25, 0.3) is 0 Å². The molecule has 0 aromatic carbocycles. The van der Waals surface area contributed by atoms with E-state index in [1.807, 2.05) is 0 Å². The SMILES string of the molecule is Cl.Cl.O=C(Cc1cn2cc(Cl)cc(Cl)c2n1)N[C@H]1CCCNC1. The highest BCUT2D eigenvalue weighted by Gasteiger charge is 2.16. The maximum Gasteiger partial charge on any atom is 0.226 e. The molecule has 5 nitrogen and oxygen atoms in total. The van der Waals surface area contributed by atoms with Gasteiger partial charge in [-0.2, -0.15) is 0 Å². The average molecular weight is 400 g/mol. The predicted octanol–water partition coefficient (Wildman–Crippen LogP) is 2.90. The van der Waals surface area contributed by atoms with Gasteiger partial charge in [-0.25, -0.2) is 4.98 Å². The predicted molar refractivity (Wildman–Crippen MR) is 97.4 cm³/mol. The topological polar surface area (TPSA) is 58.4 Å². The smallest absolute Gasteiger partial charge is 0.226 e. The van der Waals surface area contributed by atoms with Gasteiger partial charge in [0, 0.05) is 25.0 Å². The molecule has 2 aromatic heterocycles. The minimum Gasteiger partial charge on any atom is -0.352 e. The Morgan fingerprint density at radius 2 is 2.17 bits per heavy atom. The van der Waals surface area contributed by atoms with Crippen LogP contribution in [0.15, 0.2) is 18.5 Å². The normalized spacial score (nSPS) is 17.2. The summed E-state index contributed by atoms with van der Waals surface area (Å²) in [6.45, 7) is 1.86. The molecule has 1 fully saturated rings. The first kappa shape index (κ1) is 20.3. The summed E-state index contributed by atoms with van der Waals surface area (Å²) in [6.07, 6.45) is 5.86. The standard InChI is InChI=1S/C14H16Cl2N4O.2ClH/c15-9-4-12(16)14-19-11(8-20(14)7-9)5-13(21)18-10-2-1-3-17-6-10;;/h4,7-8,10,17H,1-3,5-6H2,(H,18,21);2*1H/t10-;;/m0../s1. The highest BCUT2D eigenvalue weighted by molar-refractivity contribution is 6.36. The van der Waals surface area contributed by atoms with Crippen molar-refractivity contribution in [3.05, 3.63) is 34.2 Å². The van der Waals surface area contributed by atoms with Crippen molar-refractivity contribution in [1.82, 2.24) is 20.0 Å². The molecule has 1 atom stereocenters. The molecule has 3 rings (SSSR count). The molecule has 0 aliphatic carbocycles. The molecule has 0 radical (unpaired) electrons. The zero-order valence-electron chi connectivity index (χ0n) is 12.2. The molecule has 23 heavy (non-hydrogen) atoms. The van der Waals surface area contributed by atoms with Gasteiger partial charge in [0.1, 0.15) is 0 Å². The number of piperidine rings is 1. The zero-order chi connectivity index (χ0) is 14.8. The minimum absolute atomic E-state index is 0. The molecule has 1 amide bonds. The molecule has 0 spiro atoms. The summed E-state index contributed by atoms with van der Waals surface area (Å²) in [7, 11) is 0. The molecule has 2 aromatic rings. The number of hydrogen-bond acceptors (Lipinski definition) is 3. The van der Waals surface area contributed by atoms with Crippen molar-refractivity contribution >= 4 is 59.6 Å². The van der Waals surface area contributed by atoms with E-state index in [1.54, 1.807) is 22.9 Å². The van der Waals surface area contributed by atoms with Gasteiger partial charge >= 0.3 is 0 Å². The van der Waals surface area contributed by atoms with Crippen molar-refractivity contribution in [1.29, 1.82) is 0 Å². The second-order valence-corrected chi connectivity index (χ2v) is 6.10. The zero-order valence-corrected chi connectivity index (χ0v) is 15.4. The van der Waals surface area contributed by atoms with Crippen LogP contribution in [-0.4, -0.2) is 34.4 Å². The summed E-state index contributed by atoms with van der Waals surface area (Å²) in [5.41, 5.74) is 1.30. The first-order valence-corrected chi connectivity index (χ1v) is 7.70. The number of imidazole rings is 1. The first-order valence-electron chi connectivity index (χ1n) is 6.94. The van der Waals surface area contributed by atoms with Crippen molar-refractivity contribution in [2.45, 2.75) is 25.3 Å². The molecule has 1 aliphatic rings. The van der Waals surface area contributed by atoms with Gasteiger partial charge in [0.15, 0.2) is 5.65 Å². The first-order chi connectivity index (χ1) is 10.1. The van der Waals surface area contributed by atoms with E-state index in [0.29, 0.717) is 21.4 Å². The Morgan fingerprint density at radius 3 is 2.87 bits per heavy atom. The molecule has 0 unspecified atom stereocenters. The van der Waals surface area contributed by atoms with Gasteiger partial charge in [0.05, 0.1) is 22.2 Å². The molecule has 9 heteroatoms. The number of aromatic nitrogens is 2. The van der Waals surface area contributed by atoms with E-state index < -0.39 is 0 Å². The van der Waals surface area contributed by atoms with Crippen molar-refractivity contribution in [3.8, 4) is 0 Å². The molecular weight excluding hydrogens is 382 g/mol. The van der Waals surface area contributed by atoms with Crippen LogP contribution in [0.3, 0.4) is 0 Å². The Kier molecular flexibility index (Phi) is 7.90. The van der Waals surface area contributed by atoms with Crippen molar-refractivity contribution in [3.63, 3.8) is 0 Å². The Hall–Kier alpha value is -0.720. The van der Waals surface area contributed by atoms with Crippen LogP contribution >= 0.6 is 48.0 Å². The maximum absolute atomic E-state index is 12.1. The van der Waals surface area contributed by atoms with E-state index >= 15 is 0 Å². The van der Waals surface area contributed by atoms with Gasteiger partial charge < -0.3 is 15.0 Å². The van der Waals surface area contributed by atoms with Crippen LogP contribution in [0.2, 0.25) is 10.0 Å². The number of rotatable bonds is 3. The number of pyridine rings is 1. The minimum atomic E-state index is -0.0191. The van der Waals surface area contributed by atoms with Crippen molar-refractivity contribution < 1.29 is 4.79 Å². The Balaban J connectivity index is 0.00000132. The van der Waals surface area contributed by atoms with Crippen LogP contribution in [0.1, 0.15) is 18.5 Å². The van der Waals surface area contributed by atoms with E-state index in [0.717, 1.165) is 25.9 Å². The number of carbonyl (C=O) groups is 1. The van der Waals surface area contributed by atoms with E-state index in [1.165, 1.54) is 0 Å². The van der Waals surface area contributed by atoms with Crippen LogP contribution < -0.4 is 10.6 Å².